The number of carbonyl (C=O) groups excluding carboxylic acids is 1. The molecule has 3 aliphatic heterocycles. The van der Waals surface area contributed by atoms with Gasteiger partial charge in [-0.25, -0.2) is 4.79 Å². The van der Waals surface area contributed by atoms with Crippen LogP contribution in [0.15, 0.2) is 12.7 Å². The van der Waals surface area contributed by atoms with E-state index in [2.05, 4.69) is 11.9 Å². The van der Waals surface area contributed by atoms with Crippen LogP contribution in [0.3, 0.4) is 0 Å². The van der Waals surface area contributed by atoms with Crippen molar-refractivity contribution in [1.82, 2.24) is 5.32 Å². The van der Waals surface area contributed by atoms with Crippen LogP contribution in [-0.2, 0) is 4.74 Å². The maximum Gasteiger partial charge on any atom is 0.407 e. The van der Waals surface area contributed by atoms with Gasteiger partial charge in [0, 0.05) is 25.8 Å². The number of fused-ring (bicyclic) bond motifs is 3. The predicted molar refractivity (Wildman–Crippen MR) is 62.0 cm³/mol. The Balaban J connectivity index is 2.01. The van der Waals surface area contributed by atoms with Gasteiger partial charge in [-0.3, -0.25) is 0 Å². The van der Waals surface area contributed by atoms with Gasteiger partial charge in [0.25, 0.3) is 0 Å². The molecule has 2 bridgehead atoms. The average molecular weight is 225 g/mol. The monoisotopic (exact) mass is 225 g/mol. The number of nitrogens with one attached hydrogen (secondary N) is 1. The summed E-state index contributed by atoms with van der Waals surface area (Å²) in [6, 6.07) is 0. The summed E-state index contributed by atoms with van der Waals surface area (Å²) in [6.45, 7) is 8.22. The van der Waals surface area contributed by atoms with Gasteiger partial charge in [-0.1, -0.05) is 6.58 Å². The third-order valence-electron chi connectivity index (χ3n) is 4.02. The number of quaternary nitrogens is 1. The summed E-state index contributed by atoms with van der Waals surface area (Å²) in [5.41, 5.74) is 0. The third-order valence-corrected chi connectivity index (χ3v) is 4.02. The first-order chi connectivity index (χ1) is 7.69. The summed E-state index contributed by atoms with van der Waals surface area (Å²) >= 11 is 0. The summed E-state index contributed by atoms with van der Waals surface area (Å²) in [6.07, 6.45) is 4.14. The van der Waals surface area contributed by atoms with Gasteiger partial charge in [0.2, 0.25) is 0 Å². The highest BCUT2D eigenvalue weighted by atomic mass is 16.6. The van der Waals surface area contributed by atoms with Gasteiger partial charge in [-0.05, 0) is 6.08 Å². The average Bonchev–Trinajstić information content (AvgIpc) is 2.30. The molecule has 0 aromatic heterocycles. The number of carbonyl (C=O) groups is 1. The van der Waals surface area contributed by atoms with E-state index in [9.17, 15) is 4.79 Å². The van der Waals surface area contributed by atoms with Crippen molar-refractivity contribution < 1.29 is 14.0 Å². The molecule has 3 saturated heterocycles. The van der Waals surface area contributed by atoms with E-state index in [1.165, 1.54) is 25.9 Å². The van der Waals surface area contributed by atoms with Crippen molar-refractivity contribution in [3.05, 3.63) is 12.7 Å². The molecule has 0 aliphatic carbocycles. The molecular formula is C12H21N2O2+. The molecule has 3 aliphatic rings. The minimum absolute atomic E-state index is 0.0994. The van der Waals surface area contributed by atoms with E-state index < -0.39 is 0 Å². The second kappa shape index (κ2) is 4.45. The number of ether oxygens (including phenoxy) is 1. The highest BCUT2D eigenvalue weighted by Gasteiger charge is 2.46. The Morgan fingerprint density at radius 3 is 2.81 bits per heavy atom. The number of alkyl carbamates (subject to hydrolysis) is 1. The van der Waals surface area contributed by atoms with Crippen molar-refractivity contribution in [3.8, 4) is 0 Å². The van der Waals surface area contributed by atoms with Gasteiger partial charge in [0.05, 0.1) is 19.6 Å². The van der Waals surface area contributed by atoms with Crippen LogP contribution in [0.25, 0.3) is 0 Å². The molecule has 0 spiro atoms. The van der Waals surface area contributed by atoms with Crippen molar-refractivity contribution in [3.63, 3.8) is 0 Å². The molecule has 3 heterocycles. The van der Waals surface area contributed by atoms with Crippen molar-refractivity contribution in [1.29, 1.82) is 0 Å². The lowest BCUT2D eigenvalue weighted by atomic mass is 9.83. The van der Waals surface area contributed by atoms with Crippen LogP contribution in [-0.4, -0.2) is 49.9 Å². The Hall–Kier alpha value is -1.03. The lowest BCUT2D eigenvalue weighted by Crippen LogP contribution is -2.64. The highest BCUT2D eigenvalue weighted by Crippen LogP contribution is 2.35. The first kappa shape index (κ1) is 11.5. The molecule has 1 unspecified atom stereocenters. The lowest BCUT2D eigenvalue weighted by molar-refractivity contribution is -0.941. The summed E-state index contributed by atoms with van der Waals surface area (Å²) in [7, 11) is 1.61. The van der Waals surface area contributed by atoms with Crippen LogP contribution in [0.5, 0.6) is 0 Å². The van der Waals surface area contributed by atoms with Crippen LogP contribution in [0.1, 0.15) is 12.8 Å². The van der Waals surface area contributed by atoms with Crippen molar-refractivity contribution in [2.24, 2.45) is 5.92 Å². The van der Waals surface area contributed by atoms with Crippen molar-refractivity contribution >= 4 is 6.09 Å². The summed E-state index contributed by atoms with van der Waals surface area (Å²) in [4.78, 5) is 11.3. The third kappa shape index (κ3) is 2.07. The van der Waals surface area contributed by atoms with E-state index in [-0.39, 0.29) is 12.2 Å². The molecule has 0 aromatic rings. The number of amides is 1. The number of piperidine rings is 3. The van der Waals surface area contributed by atoms with Crippen molar-refractivity contribution in [2.45, 2.75) is 18.9 Å². The molecule has 4 heteroatoms. The van der Waals surface area contributed by atoms with Crippen molar-refractivity contribution in [2.75, 3.05) is 33.2 Å². The van der Waals surface area contributed by atoms with E-state index in [4.69, 9.17) is 4.74 Å². The Morgan fingerprint density at radius 1 is 1.56 bits per heavy atom. The van der Waals surface area contributed by atoms with Crippen LogP contribution in [0, 0.1) is 5.92 Å². The van der Waals surface area contributed by atoms with Crippen LogP contribution in [0.4, 0.5) is 4.79 Å². The van der Waals surface area contributed by atoms with E-state index in [0.717, 1.165) is 17.6 Å². The number of hydrogen-bond donors (Lipinski definition) is 1. The van der Waals surface area contributed by atoms with Gasteiger partial charge in [-0.2, -0.15) is 0 Å². The Bertz CT molecular complexity index is 283. The van der Waals surface area contributed by atoms with E-state index in [0.29, 0.717) is 5.92 Å². The Kier molecular flexibility index (Phi) is 3.19. The normalized spacial score (nSPS) is 36.8. The molecule has 1 atom stereocenters. The fraction of sp³-hybridized carbons (Fsp3) is 0.750. The fourth-order valence-electron chi connectivity index (χ4n) is 3.08. The van der Waals surface area contributed by atoms with Gasteiger partial charge >= 0.3 is 6.09 Å². The summed E-state index contributed by atoms with van der Waals surface area (Å²) in [5.74, 6) is 0.571. The smallest absolute Gasteiger partial charge is 0.407 e. The molecule has 0 saturated carbocycles. The minimum atomic E-state index is -0.296. The molecule has 0 aromatic carbocycles. The maximum absolute atomic E-state index is 11.3. The van der Waals surface area contributed by atoms with Gasteiger partial charge in [0.15, 0.2) is 6.10 Å². The first-order valence-corrected chi connectivity index (χ1v) is 6.03. The van der Waals surface area contributed by atoms with Crippen LogP contribution >= 0.6 is 0 Å². The number of rotatable bonds is 3. The van der Waals surface area contributed by atoms with Crippen LogP contribution < -0.4 is 5.32 Å². The molecule has 4 nitrogen and oxygen atoms in total. The highest BCUT2D eigenvalue weighted by molar-refractivity contribution is 5.66. The SMILES string of the molecule is C=CC[N+]12CCC(CC1)C(OC(=O)NC)C2. The summed E-state index contributed by atoms with van der Waals surface area (Å²) in [5, 5.41) is 2.53. The van der Waals surface area contributed by atoms with E-state index in [1.807, 2.05) is 6.08 Å². The molecule has 1 amide bonds. The molecular weight excluding hydrogens is 204 g/mol. The van der Waals surface area contributed by atoms with Gasteiger partial charge < -0.3 is 14.5 Å². The second-order valence-corrected chi connectivity index (χ2v) is 4.97. The van der Waals surface area contributed by atoms with E-state index >= 15 is 0 Å². The number of nitrogens with zero attached hydrogens (tertiary/aromatic N) is 1. The zero-order chi connectivity index (χ0) is 11.6. The Labute approximate surface area is 96.8 Å². The lowest BCUT2D eigenvalue weighted by Gasteiger charge is -2.51. The predicted octanol–water partition coefficient (Wildman–Crippen LogP) is 1.14. The van der Waals surface area contributed by atoms with Crippen LogP contribution in [0.2, 0.25) is 0 Å². The zero-order valence-electron chi connectivity index (χ0n) is 9.95. The topological polar surface area (TPSA) is 38.3 Å². The standard InChI is InChI=1S/C12H20N2O2/c1-3-6-14-7-4-10(5-8-14)11(9-14)16-12(15)13-2/h3,10-11H,1,4-9H2,2H3/p+1. The molecule has 90 valence electrons. The molecule has 3 rings (SSSR count). The molecule has 16 heavy (non-hydrogen) atoms. The van der Waals surface area contributed by atoms with Gasteiger partial charge in [0.1, 0.15) is 6.54 Å². The first-order valence-electron chi connectivity index (χ1n) is 6.03. The van der Waals surface area contributed by atoms with Gasteiger partial charge in [-0.15, -0.1) is 0 Å². The zero-order valence-corrected chi connectivity index (χ0v) is 9.95. The van der Waals surface area contributed by atoms with E-state index in [1.54, 1.807) is 7.05 Å². The minimum Gasteiger partial charge on any atom is -0.440 e. The molecule has 1 N–H and O–H groups in total. The molecule has 3 fully saturated rings. The summed E-state index contributed by atoms with van der Waals surface area (Å²) < 4.78 is 6.50. The second-order valence-electron chi connectivity index (χ2n) is 4.97. The quantitative estimate of drug-likeness (QED) is 0.578. The largest absolute Gasteiger partial charge is 0.440 e. The fourth-order valence-corrected chi connectivity index (χ4v) is 3.08. The Morgan fingerprint density at radius 2 is 2.25 bits per heavy atom. The molecule has 0 radical (unpaired) electrons. The number of hydrogen-bond acceptors (Lipinski definition) is 2. The maximum atomic E-state index is 11.3.